The van der Waals surface area contributed by atoms with Gasteiger partial charge >= 0.3 is 0 Å². The largest absolute Gasteiger partial charge is 0.380 e. The van der Waals surface area contributed by atoms with Gasteiger partial charge in [-0.05, 0) is 38.8 Å². The number of nitrogen functional groups attached to an aromatic ring is 1. The predicted molar refractivity (Wildman–Crippen MR) is 115 cm³/mol. The average molecular weight is 440 g/mol. The van der Waals surface area contributed by atoms with E-state index in [4.69, 9.17) is 15.0 Å². The second-order valence-corrected chi connectivity index (χ2v) is 8.40. The van der Waals surface area contributed by atoms with Gasteiger partial charge in [-0.1, -0.05) is 5.16 Å². The Labute approximate surface area is 183 Å². The summed E-state index contributed by atoms with van der Waals surface area (Å²) in [5.74, 6) is -0.569. The number of aryl methyl sites for hydroxylation is 1. The minimum absolute atomic E-state index is 0.158. The van der Waals surface area contributed by atoms with Gasteiger partial charge in [-0.3, -0.25) is 19.2 Å². The van der Waals surface area contributed by atoms with Crippen molar-refractivity contribution in [3.05, 3.63) is 30.0 Å². The van der Waals surface area contributed by atoms with Crippen LogP contribution in [-0.4, -0.2) is 56.7 Å². The summed E-state index contributed by atoms with van der Waals surface area (Å²) >= 11 is 0. The molecular formula is C21H24N6O5. The summed E-state index contributed by atoms with van der Waals surface area (Å²) < 4.78 is 12.7. The van der Waals surface area contributed by atoms with Crippen molar-refractivity contribution in [1.29, 1.82) is 0 Å². The number of aliphatic hydroxyl groups is 1. The maximum atomic E-state index is 13.3. The maximum absolute atomic E-state index is 13.3. The number of hydrogen-bond acceptors (Lipinski definition) is 8. The van der Waals surface area contributed by atoms with Crippen LogP contribution < -0.4 is 16.0 Å². The second-order valence-electron chi connectivity index (χ2n) is 8.40. The Balaban J connectivity index is 1.35. The Morgan fingerprint density at radius 3 is 2.91 bits per heavy atom. The van der Waals surface area contributed by atoms with Gasteiger partial charge in [0.05, 0.1) is 24.6 Å². The summed E-state index contributed by atoms with van der Waals surface area (Å²) in [4.78, 5) is 27.6. The molecule has 2 atom stereocenters. The van der Waals surface area contributed by atoms with E-state index < -0.39 is 23.5 Å². The molecule has 2 unspecified atom stereocenters. The third-order valence-electron chi connectivity index (χ3n) is 6.00. The first kappa shape index (κ1) is 20.5. The molecule has 2 aromatic heterocycles. The van der Waals surface area contributed by atoms with Crippen LogP contribution in [0.3, 0.4) is 0 Å². The van der Waals surface area contributed by atoms with Gasteiger partial charge in [0.25, 0.3) is 11.8 Å². The maximum Gasteiger partial charge on any atom is 0.263 e. The summed E-state index contributed by atoms with van der Waals surface area (Å²) in [5, 5.41) is 22.2. The van der Waals surface area contributed by atoms with Crippen molar-refractivity contribution in [3.8, 4) is 0 Å². The van der Waals surface area contributed by atoms with E-state index in [0.717, 1.165) is 18.5 Å². The van der Waals surface area contributed by atoms with Gasteiger partial charge in [-0.25, -0.2) is 0 Å². The third-order valence-corrected chi connectivity index (χ3v) is 6.00. The number of rotatable bonds is 5. The molecule has 1 aliphatic heterocycles. The van der Waals surface area contributed by atoms with Crippen LogP contribution in [0.4, 0.5) is 17.3 Å². The smallest absolute Gasteiger partial charge is 0.263 e. The van der Waals surface area contributed by atoms with Crippen molar-refractivity contribution in [2.24, 2.45) is 0 Å². The molecule has 4 N–H and O–H groups in total. The highest BCUT2D eigenvalue weighted by molar-refractivity contribution is 6.06. The molecule has 2 fully saturated rings. The van der Waals surface area contributed by atoms with Gasteiger partial charge in [-0.15, -0.1) is 0 Å². The molecule has 168 valence electrons. The van der Waals surface area contributed by atoms with Crippen molar-refractivity contribution in [3.63, 3.8) is 0 Å². The fourth-order valence-corrected chi connectivity index (χ4v) is 3.98. The molecule has 11 nitrogen and oxygen atoms in total. The minimum atomic E-state index is -1.76. The summed E-state index contributed by atoms with van der Waals surface area (Å²) in [7, 11) is 0. The van der Waals surface area contributed by atoms with Crippen LogP contribution in [0.15, 0.2) is 28.8 Å². The van der Waals surface area contributed by atoms with Crippen LogP contribution in [0, 0.1) is 6.92 Å². The zero-order chi connectivity index (χ0) is 22.6. The molecule has 1 aromatic carbocycles. The number of benzene rings is 1. The molecular weight excluding hydrogens is 416 g/mol. The van der Waals surface area contributed by atoms with Crippen LogP contribution in [-0.2, 0) is 14.3 Å². The van der Waals surface area contributed by atoms with Crippen LogP contribution in [0.25, 0.3) is 11.0 Å². The lowest BCUT2D eigenvalue weighted by Gasteiger charge is -2.40. The van der Waals surface area contributed by atoms with Gasteiger partial charge in [-0.2, -0.15) is 5.10 Å². The molecule has 3 heterocycles. The third kappa shape index (κ3) is 3.30. The predicted octanol–water partition coefficient (Wildman–Crippen LogP) is 1.37. The van der Waals surface area contributed by atoms with Crippen molar-refractivity contribution in [2.45, 2.75) is 44.4 Å². The zero-order valence-corrected chi connectivity index (χ0v) is 17.7. The minimum Gasteiger partial charge on any atom is -0.380 e. The number of hydrogen-bond donors (Lipinski definition) is 3. The first-order valence-electron chi connectivity index (χ1n) is 10.4. The fourth-order valence-electron chi connectivity index (χ4n) is 3.98. The second kappa shape index (κ2) is 7.31. The van der Waals surface area contributed by atoms with Crippen LogP contribution in [0.2, 0.25) is 0 Å². The number of carbonyl (C=O) groups is 2. The zero-order valence-electron chi connectivity index (χ0n) is 17.7. The van der Waals surface area contributed by atoms with Crippen molar-refractivity contribution < 1.29 is 24.0 Å². The molecule has 32 heavy (non-hydrogen) atoms. The highest BCUT2D eigenvalue weighted by atomic mass is 16.5. The number of aliphatic hydroxyl groups excluding tert-OH is 1. The van der Waals surface area contributed by atoms with Gasteiger partial charge in [0, 0.05) is 23.5 Å². The van der Waals surface area contributed by atoms with E-state index in [9.17, 15) is 14.7 Å². The molecule has 3 aromatic rings. The highest BCUT2D eigenvalue weighted by Crippen LogP contribution is 2.37. The summed E-state index contributed by atoms with van der Waals surface area (Å²) in [5.41, 5.74) is 5.65. The number of amides is 2. The lowest BCUT2D eigenvalue weighted by molar-refractivity contribution is -0.170. The summed E-state index contributed by atoms with van der Waals surface area (Å²) in [6.45, 7) is 3.80. The topological polar surface area (TPSA) is 149 Å². The lowest BCUT2D eigenvalue weighted by Crippen LogP contribution is -2.63. The number of nitrogens with two attached hydrogens (primary N) is 1. The average Bonchev–Trinajstić information content (AvgIpc) is 3.45. The normalized spacial score (nSPS) is 22.3. The monoisotopic (exact) mass is 440 g/mol. The number of nitrogens with zero attached hydrogens (tertiary/aromatic N) is 4. The molecule has 5 rings (SSSR count). The SMILES string of the molecule is Cc1cc(N2CCOC(C)(C(O)C(=O)Nc3ccc4c(N)noc4c3)C2=O)nn1C1CC1. The van der Waals surface area contributed by atoms with Gasteiger partial charge in [0.1, 0.15) is 0 Å². The van der Waals surface area contributed by atoms with Crippen molar-refractivity contribution in [2.75, 3.05) is 29.1 Å². The van der Waals surface area contributed by atoms with Gasteiger partial charge < -0.3 is 25.4 Å². The molecule has 1 saturated carbocycles. The fraction of sp³-hybridized carbons (Fsp3) is 0.429. The van der Waals surface area contributed by atoms with E-state index in [0.29, 0.717) is 28.5 Å². The van der Waals surface area contributed by atoms with E-state index in [2.05, 4.69) is 15.6 Å². The number of anilines is 3. The summed E-state index contributed by atoms with van der Waals surface area (Å²) in [6.07, 6.45) is 0.393. The molecule has 0 spiro atoms. The number of carbonyl (C=O) groups excluding carboxylic acids is 2. The Kier molecular flexibility index (Phi) is 4.68. The highest BCUT2D eigenvalue weighted by Gasteiger charge is 2.51. The van der Waals surface area contributed by atoms with E-state index in [1.165, 1.54) is 17.9 Å². The number of nitrogens with one attached hydrogen (secondary N) is 1. The quantitative estimate of drug-likeness (QED) is 0.539. The number of fused-ring (bicyclic) bond motifs is 1. The Bertz CT molecular complexity index is 1210. The Morgan fingerprint density at radius 1 is 1.38 bits per heavy atom. The number of aromatic nitrogens is 3. The van der Waals surface area contributed by atoms with E-state index in [1.54, 1.807) is 12.1 Å². The molecule has 1 saturated heterocycles. The van der Waals surface area contributed by atoms with Crippen LogP contribution >= 0.6 is 0 Å². The van der Waals surface area contributed by atoms with E-state index >= 15 is 0 Å². The molecule has 2 aliphatic rings. The van der Waals surface area contributed by atoms with Crippen molar-refractivity contribution in [1.82, 2.24) is 14.9 Å². The molecule has 0 bridgehead atoms. The first-order valence-corrected chi connectivity index (χ1v) is 10.4. The molecule has 2 amide bonds. The molecule has 11 heteroatoms. The standard InChI is InChI=1S/C21H24N6O5/c1-11-9-16(24-27(11)13-4-5-13)26-7-8-31-21(2,20(26)30)17(28)19(29)23-12-3-6-14-15(10-12)32-25-18(14)22/h3,6,9-10,13,17,28H,4-5,7-8H2,1-2H3,(H2,22,25)(H,23,29). The number of ether oxygens (including phenoxy) is 1. The number of morpholine rings is 1. The molecule has 1 aliphatic carbocycles. The van der Waals surface area contributed by atoms with Crippen LogP contribution in [0.1, 0.15) is 31.5 Å². The van der Waals surface area contributed by atoms with Gasteiger partial charge in [0.15, 0.2) is 28.9 Å². The van der Waals surface area contributed by atoms with Crippen molar-refractivity contribution >= 4 is 40.1 Å². The summed E-state index contributed by atoms with van der Waals surface area (Å²) in [6, 6.07) is 7.00. The Morgan fingerprint density at radius 2 is 2.16 bits per heavy atom. The van der Waals surface area contributed by atoms with E-state index in [1.807, 2.05) is 17.7 Å². The Hall–Kier alpha value is -3.44. The first-order chi connectivity index (χ1) is 15.3. The molecule has 0 radical (unpaired) electrons. The van der Waals surface area contributed by atoms with Crippen LogP contribution in [0.5, 0.6) is 0 Å². The van der Waals surface area contributed by atoms with E-state index in [-0.39, 0.29) is 19.0 Å². The van der Waals surface area contributed by atoms with Gasteiger partial charge in [0.2, 0.25) is 0 Å². The lowest BCUT2D eigenvalue weighted by atomic mass is 9.94.